The van der Waals surface area contributed by atoms with Crippen molar-refractivity contribution in [3.8, 4) is 0 Å². The third-order valence-electron chi connectivity index (χ3n) is 4.09. The number of imide groups is 1. The highest BCUT2D eigenvalue weighted by molar-refractivity contribution is 6.16. The summed E-state index contributed by atoms with van der Waals surface area (Å²) in [4.78, 5) is 25.5. The summed E-state index contributed by atoms with van der Waals surface area (Å²) in [5, 5.41) is 0. The van der Waals surface area contributed by atoms with Crippen molar-refractivity contribution in [2.24, 2.45) is 11.8 Å². The smallest absolute Gasteiger partial charge is 0.245 e. The highest BCUT2D eigenvalue weighted by Crippen LogP contribution is 2.28. The van der Waals surface area contributed by atoms with Gasteiger partial charge in [-0.1, -0.05) is 24.6 Å². The predicted molar refractivity (Wildman–Crippen MR) is 67.4 cm³/mol. The molecule has 18 heavy (non-hydrogen) atoms. The molecule has 3 rings (SSSR count). The van der Waals surface area contributed by atoms with Crippen LogP contribution >= 0.6 is 0 Å². The Balaban J connectivity index is 1.99. The van der Waals surface area contributed by atoms with E-state index in [2.05, 4.69) is 0 Å². The molecule has 0 spiro atoms. The summed E-state index contributed by atoms with van der Waals surface area (Å²) in [5.41, 5.74) is 0.845. The van der Waals surface area contributed by atoms with Gasteiger partial charge in [0.2, 0.25) is 0 Å². The van der Waals surface area contributed by atoms with Gasteiger partial charge >= 0.3 is 11.9 Å². The van der Waals surface area contributed by atoms with E-state index in [1.54, 1.807) is 11.6 Å². The van der Waals surface area contributed by atoms with Crippen molar-refractivity contribution in [3.05, 3.63) is 24.3 Å². The van der Waals surface area contributed by atoms with Crippen LogP contribution in [0.15, 0.2) is 24.3 Å². The zero-order valence-corrected chi connectivity index (χ0v) is 10.5. The van der Waals surface area contributed by atoms with Crippen molar-refractivity contribution in [2.45, 2.75) is 19.3 Å². The molecule has 4 nitrogen and oxygen atoms in total. The third-order valence-corrected chi connectivity index (χ3v) is 4.09. The van der Waals surface area contributed by atoms with Crippen LogP contribution in [0.5, 0.6) is 0 Å². The Morgan fingerprint density at radius 3 is 2.78 bits per heavy atom. The number of nitrogens with zero attached hydrogens (tertiary/aromatic N) is 2. The van der Waals surface area contributed by atoms with E-state index in [9.17, 15) is 9.59 Å². The van der Waals surface area contributed by atoms with E-state index in [4.69, 9.17) is 0 Å². The topological polar surface area (TPSA) is 40.4 Å². The minimum Gasteiger partial charge on any atom is -0.245 e. The molecule has 1 saturated carbocycles. The molecule has 1 fully saturated rings. The molecular weight excluding hydrogens is 228 g/mol. The Kier molecular flexibility index (Phi) is 2.65. The Morgan fingerprint density at radius 2 is 2.11 bits per heavy atom. The van der Waals surface area contributed by atoms with E-state index < -0.39 is 0 Å². The average Bonchev–Trinajstić information content (AvgIpc) is 2.34. The summed E-state index contributed by atoms with van der Waals surface area (Å²) in [6, 6.07) is -0.182. The van der Waals surface area contributed by atoms with Gasteiger partial charge in [-0.05, 0) is 24.8 Å². The van der Waals surface area contributed by atoms with E-state index in [0.29, 0.717) is 5.92 Å². The lowest BCUT2D eigenvalue weighted by Gasteiger charge is -2.29. The first kappa shape index (κ1) is 11.4. The molecule has 1 heterocycles. The number of amides is 3. The average molecular weight is 245 g/mol. The minimum absolute atomic E-state index is 0.125. The van der Waals surface area contributed by atoms with Crippen LogP contribution in [0, 0.1) is 11.8 Å². The second-order valence-electron chi connectivity index (χ2n) is 5.23. The van der Waals surface area contributed by atoms with Crippen molar-refractivity contribution in [1.82, 2.24) is 4.90 Å². The van der Waals surface area contributed by atoms with Crippen molar-refractivity contribution >= 4 is 17.6 Å². The molecule has 0 saturated heterocycles. The molecule has 1 unspecified atom stereocenters. The van der Waals surface area contributed by atoms with Gasteiger partial charge in [-0.2, -0.15) is 14.3 Å². The molecule has 0 radical (unpaired) electrons. The second-order valence-corrected chi connectivity index (χ2v) is 5.23. The van der Waals surface area contributed by atoms with E-state index in [0.717, 1.165) is 12.3 Å². The molecule has 2 aliphatic carbocycles. The highest BCUT2D eigenvalue weighted by Gasteiger charge is 2.45. The van der Waals surface area contributed by atoms with E-state index in [1.807, 2.05) is 24.3 Å². The van der Waals surface area contributed by atoms with Crippen LogP contribution in [0.4, 0.5) is 4.79 Å². The number of fused-ring (bicyclic) bond motifs is 1. The number of allylic oxidation sites excluding steroid dienone is 3. The van der Waals surface area contributed by atoms with Gasteiger partial charge in [-0.15, -0.1) is 0 Å². The monoisotopic (exact) mass is 245 g/mol. The lowest BCUT2D eigenvalue weighted by Crippen LogP contribution is -2.53. The van der Waals surface area contributed by atoms with Crippen LogP contribution in [0.3, 0.4) is 0 Å². The molecule has 0 bridgehead atoms. The zero-order chi connectivity index (χ0) is 12.7. The molecule has 1 atom stereocenters. The SMILES string of the molecule is CN1C(=O)C2C=CC=CC2=[N+](CC2CCC2)C1=O. The van der Waals surface area contributed by atoms with Gasteiger partial charge < -0.3 is 0 Å². The Morgan fingerprint density at radius 1 is 1.33 bits per heavy atom. The highest BCUT2D eigenvalue weighted by atomic mass is 16.2. The van der Waals surface area contributed by atoms with Gasteiger partial charge in [-0.3, -0.25) is 0 Å². The zero-order valence-electron chi connectivity index (χ0n) is 10.5. The summed E-state index contributed by atoms with van der Waals surface area (Å²) in [7, 11) is 1.57. The number of hydrogen-bond acceptors (Lipinski definition) is 2. The van der Waals surface area contributed by atoms with Crippen molar-refractivity contribution in [2.75, 3.05) is 13.6 Å². The summed E-state index contributed by atoms with van der Waals surface area (Å²) < 4.78 is 1.79. The Hall–Kier alpha value is -1.71. The quantitative estimate of drug-likeness (QED) is 0.693. The molecule has 0 aromatic heterocycles. The number of urea groups is 1. The fraction of sp³-hybridized carbons (Fsp3) is 0.500. The van der Waals surface area contributed by atoms with Crippen molar-refractivity contribution < 1.29 is 14.2 Å². The maximum atomic E-state index is 12.2. The van der Waals surface area contributed by atoms with Gasteiger partial charge in [0.05, 0.1) is 13.6 Å². The van der Waals surface area contributed by atoms with Crippen molar-refractivity contribution in [3.63, 3.8) is 0 Å². The van der Waals surface area contributed by atoms with Crippen molar-refractivity contribution in [1.29, 1.82) is 0 Å². The van der Waals surface area contributed by atoms with Gasteiger partial charge in [0, 0.05) is 0 Å². The summed E-state index contributed by atoms with van der Waals surface area (Å²) in [6.07, 6.45) is 11.2. The molecule has 3 amide bonds. The fourth-order valence-corrected chi connectivity index (χ4v) is 2.71. The standard InChI is InChI=1S/C14H17N2O2/c1-15-13(17)11-7-2-3-8-12(11)16(14(15)18)9-10-5-4-6-10/h2-3,7-8,10-11H,4-6,9H2,1H3/q+1. The molecule has 4 heteroatoms. The number of carbonyl (C=O) groups excluding carboxylic acids is 2. The first-order valence-corrected chi connectivity index (χ1v) is 6.49. The summed E-state index contributed by atoms with van der Waals surface area (Å²) in [5.74, 6) is 0.196. The lowest BCUT2D eigenvalue weighted by atomic mass is 9.84. The maximum Gasteiger partial charge on any atom is 0.500 e. The van der Waals surface area contributed by atoms with Crippen LogP contribution in [0.2, 0.25) is 0 Å². The van der Waals surface area contributed by atoms with Crippen LogP contribution in [0.1, 0.15) is 19.3 Å². The fourth-order valence-electron chi connectivity index (χ4n) is 2.71. The Bertz CT molecular complexity index is 498. The molecule has 0 aromatic rings. The maximum absolute atomic E-state index is 12.2. The largest absolute Gasteiger partial charge is 0.500 e. The minimum atomic E-state index is -0.280. The lowest BCUT2D eigenvalue weighted by molar-refractivity contribution is -0.450. The number of hydrogen-bond donors (Lipinski definition) is 0. The summed E-state index contributed by atoms with van der Waals surface area (Å²) in [6.45, 7) is 0.750. The third kappa shape index (κ3) is 1.64. The van der Waals surface area contributed by atoms with Crippen LogP contribution < -0.4 is 0 Å². The van der Waals surface area contributed by atoms with E-state index in [1.165, 1.54) is 24.2 Å². The second kappa shape index (κ2) is 4.19. The predicted octanol–water partition coefficient (Wildman–Crippen LogP) is 1.57. The van der Waals surface area contributed by atoms with Crippen LogP contribution in [-0.4, -0.2) is 40.7 Å². The normalized spacial score (nSPS) is 27.6. The first-order valence-electron chi connectivity index (χ1n) is 6.49. The molecular formula is C14H17N2O2+. The molecule has 3 aliphatic rings. The summed E-state index contributed by atoms with van der Waals surface area (Å²) >= 11 is 0. The van der Waals surface area contributed by atoms with Gasteiger partial charge in [0.1, 0.15) is 11.6 Å². The first-order chi connectivity index (χ1) is 8.68. The van der Waals surface area contributed by atoms with Gasteiger partial charge in [0.25, 0.3) is 0 Å². The molecule has 1 aliphatic heterocycles. The van der Waals surface area contributed by atoms with E-state index in [-0.39, 0.29) is 17.9 Å². The molecule has 0 aromatic carbocycles. The number of rotatable bonds is 2. The van der Waals surface area contributed by atoms with E-state index >= 15 is 0 Å². The van der Waals surface area contributed by atoms with Crippen LogP contribution in [0.25, 0.3) is 0 Å². The van der Waals surface area contributed by atoms with Crippen LogP contribution in [-0.2, 0) is 4.79 Å². The van der Waals surface area contributed by atoms with Gasteiger partial charge in [0.15, 0.2) is 0 Å². The number of carbonyl (C=O) groups is 2. The van der Waals surface area contributed by atoms with Gasteiger partial charge in [-0.25, -0.2) is 4.79 Å². The molecule has 0 N–H and O–H groups in total. The molecule has 94 valence electrons. The Labute approximate surface area is 106 Å².